The lowest BCUT2D eigenvalue weighted by molar-refractivity contribution is 0.319. The second-order valence-electron chi connectivity index (χ2n) is 3.39. The molecule has 0 rings (SSSR count). The minimum absolute atomic E-state index is 0.550. The van der Waals surface area contributed by atoms with Crippen LogP contribution >= 0.6 is 0 Å². The molecule has 1 heteroatoms. The predicted molar refractivity (Wildman–Crippen MR) is 55.0 cm³/mol. The molecule has 0 bridgehead atoms. The molecule has 1 atom stereocenters. The fraction of sp³-hybridized carbons (Fsp3) is 0.818. The molecule has 0 N–H and O–H groups in total. The van der Waals surface area contributed by atoms with Gasteiger partial charge in [0, 0.05) is 5.92 Å². The van der Waals surface area contributed by atoms with Crippen LogP contribution in [0, 0.1) is 17.8 Å². The number of hydrogen-bond acceptors (Lipinski definition) is 1. The van der Waals surface area contributed by atoms with E-state index in [1.807, 2.05) is 6.92 Å². The van der Waals surface area contributed by atoms with Gasteiger partial charge in [0.15, 0.2) is 0 Å². The summed E-state index contributed by atoms with van der Waals surface area (Å²) in [7, 11) is 2.18. The Morgan fingerprint density at radius 1 is 1.33 bits per heavy atom. The van der Waals surface area contributed by atoms with Crippen LogP contribution in [0.1, 0.15) is 33.6 Å². The minimum atomic E-state index is 0.550. The molecule has 0 radical (unpaired) electrons. The summed E-state index contributed by atoms with van der Waals surface area (Å²) >= 11 is 0. The molecule has 0 amide bonds. The lowest BCUT2D eigenvalue weighted by atomic mass is 10.1. The highest BCUT2D eigenvalue weighted by Crippen LogP contribution is 2.01. The predicted octanol–water partition coefficient (Wildman–Crippen LogP) is 2.38. The summed E-state index contributed by atoms with van der Waals surface area (Å²) in [4.78, 5) is 2.37. The maximum absolute atomic E-state index is 3.17. The molecule has 0 aliphatic heterocycles. The first-order valence-corrected chi connectivity index (χ1v) is 4.81. The van der Waals surface area contributed by atoms with Gasteiger partial charge in [-0.1, -0.05) is 13.8 Å². The zero-order valence-corrected chi connectivity index (χ0v) is 8.85. The van der Waals surface area contributed by atoms with E-state index < -0.39 is 0 Å². The monoisotopic (exact) mass is 167 g/mol. The van der Waals surface area contributed by atoms with E-state index >= 15 is 0 Å². The van der Waals surface area contributed by atoms with Crippen molar-refractivity contribution in [2.45, 2.75) is 33.6 Å². The van der Waals surface area contributed by atoms with Gasteiger partial charge in [-0.2, -0.15) is 0 Å². The normalized spacial score (nSPS) is 12.4. The molecule has 0 aromatic heterocycles. The van der Waals surface area contributed by atoms with Crippen LogP contribution in [0.15, 0.2) is 0 Å². The van der Waals surface area contributed by atoms with Gasteiger partial charge < -0.3 is 4.90 Å². The van der Waals surface area contributed by atoms with Crippen molar-refractivity contribution in [1.29, 1.82) is 0 Å². The van der Waals surface area contributed by atoms with Gasteiger partial charge in [-0.3, -0.25) is 0 Å². The van der Waals surface area contributed by atoms with Gasteiger partial charge in [0.1, 0.15) is 0 Å². The van der Waals surface area contributed by atoms with Crippen molar-refractivity contribution in [3.63, 3.8) is 0 Å². The van der Waals surface area contributed by atoms with Crippen LogP contribution in [0.3, 0.4) is 0 Å². The molecule has 70 valence electrons. The van der Waals surface area contributed by atoms with Gasteiger partial charge in [-0.25, -0.2) is 0 Å². The third-order valence-corrected chi connectivity index (χ3v) is 1.94. The van der Waals surface area contributed by atoms with E-state index in [1.165, 1.54) is 25.9 Å². The Kier molecular flexibility index (Phi) is 6.90. The van der Waals surface area contributed by atoms with Crippen LogP contribution in [0.5, 0.6) is 0 Å². The van der Waals surface area contributed by atoms with Crippen molar-refractivity contribution < 1.29 is 0 Å². The van der Waals surface area contributed by atoms with Crippen LogP contribution in [0.2, 0.25) is 0 Å². The first-order chi connectivity index (χ1) is 5.70. The second-order valence-corrected chi connectivity index (χ2v) is 3.39. The highest BCUT2D eigenvalue weighted by molar-refractivity contribution is 4.99. The van der Waals surface area contributed by atoms with E-state index in [0.717, 1.165) is 0 Å². The average Bonchev–Trinajstić information content (AvgIpc) is 2.02. The number of nitrogens with zero attached hydrogens (tertiary/aromatic N) is 1. The molecule has 0 fully saturated rings. The second kappa shape index (κ2) is 7.18. The Labute approximate surface area is 77.1 Å². The summed E-state index contributed by atoms with van der Waals surface area (Å²) in [5.74, 6) is 6.67. The van der Waals surface area contributed by atoms with Gasteiger partial charge in [-0.15, -0.1) is 11.8 Å². The molecule has 12 heavy (non-hydrogen) atoms. The summed E-state index contributed by atoms with van der Waals surface area (Å²) in [6.45, 7) is 8.68. The molecular formula is C11H21N. The summed E-state index contributed by atoms with van der Waals surface area (Å²) < 4.78 is 0. The van der Waals surface area contributed by atoms with Gasteiger partial charge in [-0.05, 0) is 39.9 Å². The third kappa shape index (κ3) is 6.24. The largest absolute Gasteiger partial charge is 0.306 e. The first kappa shape index (κ1) is 11.5. The van der Waals surface area contributed by atoms with E-state index in [9.17, 15) is 0 Å². The fourth-order valence-electron chi connectivity index (χ4n) is 1.23. The summed E-state index contributed by atoms with van der Waals surface area (Å²) in [6, 6.07) is 0. The standard InChI is InChI=1S/C11H21N/c1-5-7-11(3)8-10-12(4)9-6-2/h11H,6,8-10H2,1-4H3. The number of hydrogen-bond donors (Lipinski definition) is 0. The summed E-state index contributed by atoms with van der Waals surface area (Å²) in [5.41, 5.74) is 0. The Bertz CT molecular complexity index is 152. The van der Waals surface area contributed by atoms with Crippen LogP contribution in [0.4, 0.5) is 0 Å². The van der Waals surface area contributed by atoms with E-state index in [0.29, 0.717) is 5.92 Å². The molecule has 0 saturated heterocycles. The van der Waals surface area contributed by atoms with Gasteiger partial charge >= 0.3 is 0 Å². The topological polar surface area (TPSA) is 3.24 Å². The van der Waals surface area contributed by atoms with Crippen LogP contribution in [-0.4, -0.2) is 25.0 Å². The SMILES string of the molecule is CC#CC(C)CCN(C)CCC. The smallest absolute Gasteiger partial charge is 0.0186 e. The quantitative estimate of drug-likeness (QED) is 0.568. The Hall–Kier alpha value is -0.480. The lowest BCUT2D eigenvalue weighted by Crippen LogP contribution is -2.21. The molecular weight excluding hydrogens is 146 g/mol. The van der Waals surface area contributed by atoms with Gasteiger partial charge in [0.2, 0.25) is 0 Å². The van der Waals surface area contributed by atoms with E-state index in [4.69, 9.17) is 0 Å². The molecule has 1 unspecified atom stereocenters. The van der Waals surface area contributed by atoms with Crippen molar-refractivity contribution >= 4 is 0 Å². The van der Waals surface area contributed by atoms with Crippen LogP contribution in [-0.2, 0) is 0 Å². The summed E-state index contributed by atoms with van der Waals surface area (Å²) in [6.07, 6.45) is 2.43. The Morgan fingerprint density at radius 3 is 2.50 bits per heavy atom. The zero-order chi connectivity index (χ0) is 9.40. The van der Waals surface area contributed by atoms with Crippen molar-refractivity contribution in [1.82, 2.24) is 4.90 Å². The Morgan fingerprint density at radius 2 is 2.00 bits per heavy atom. The highest BCUT2D eigenvalue weighted by atomic mass is 15.1. The molecule has 1 nitrogen and oxygen atoms in total. The zero-order valence-electron chi connectivity index (χ0n) is 8.85. The first-order valence-electron chi connectivity index (χ1n) is 4.81. The minimum Gasteiger partial charge on any atom is -0.306 e. The van der Waals surface area contributed by atoms with E-state index in [-0.39, 0.29) is 0 Å². The van der Waals surface area contributed by atoms with Crippen molar-refractivity contribution in [3.05, 3.63) is 0 Å². The average molecular weight is 167 g/mol. The lowest BCUT2D eigenvalue weighted by Gasteiger charge is -2.15. The summed E-state index contributed by atoms with van der Waals surface area (Å²) in [5, 5.41) is 0. The molecule has 0 aromatic carbocycles. The fourth-order valence-corrected chi connectivity index (χ4v) is 1.23. The van der Waals surface area contributed by atoms with Crippen LogP contribution < -0.4 is 0 Å². The van der Waals surface area contributed by atoms with Crippen LogP contribution in [0.25, 0.3) is 0 Å². The molecule has 0 saturated carbocycles. The highest BCUT2D eigenvalue weighted by Gasteiger charge is 2.00. The molecule has 0 aromatic rings. The van der Waals surface area contributed by atoms with Gasteiger partial charge in [0.05, 0.1) is 0 Å². The van der Waals surface area contributed by atoms with Gasteiger partial charge in [0.25, 0.3) is 0 Å². The van der Waals surface area contributed by atoms with E-state index in [1.54, 1.807) is 0 Å². The van der Waals surface area contributed by atoms with Crippen molar-refractivity contribution in [2.24, 2.45) is 5.92 Å². The third-order valence-electron chi connectivity index (χ3n) is 1.94. The maximum Gasteiger partial charge on any atom is 0.0186 e. The number of rotatable bonds is 5. The molecule has 0 heterocycles. The van der Waals surface area contributed by atoms with Crippen molar-refractivity contribution in [2.75, 3.05) is 20.1 Å². The molecule has 0 spiro atoms. The Balaban J connectivity index is 3.44. The van der Waals surface area contributed by atoms with Crippen molar-refractivity contribution in [3.8, 4) is 11.8 Å². The van der Waals surface area contributed by atoms with E-state index in [2.05, 4.69) is 37.6 Å². The molecule has 0 aliphatic carbocycles. The maximum atomic E-state index is 3.17. The molecule has 0 aliphatic rings.